The Hall–Kier alpha value is -0.110. The highest BCUT2D eigenvalue weighted by atomic mass is 79.9. The summed E-state index contributed by atoms with van der Waals surface area (Å²) in [6.45, 7) is 0. The number of rotatable bonds is 7. The SMILES string of the molecule is O=C/C=C/CCCCCCBr. The third kappa shape index (κ3) is 9.89. The molecule has 0 saturated carbocycles. The van der Waals surface area contributed by atoms with Crippen LogP contribution in [0.15, 0.2) is 12.2 Å². The normalized spacial score (nSPS) is 10.6. The zero-order valence-electron chi connectivity index (χ0n) is 6.76. The third-order valence-corrected chi connectivity index (χ3v) is 2.03. The van der Waals surface area contributed by atoms with E-state index in [0.717, 1.165) is 18.0 Å². The first-order valence-electron chi connectivity index (χ1n) is 4.08. The van der Waals surface area contributed by atoms with E-state index in [1.807, 2.05) is 6.08 Å². The van der Waals surface area contributed by atoms with Gasteiger partial charge >= 0.3 is 0 Å². The molecule has 0 radical (unpaired) electrons. The van der Waals surface area contributed by atoms with Gasteiger partial charge in [-0.25, -0.2) is 0 Å². The van der Waals surface area contributed by atoms with Crippen LogP contribution in [-0.4, -0.2) is 11.6 Å². The van der Waals surface area contributed by atoms with Crippen LogP contribution in [0.25, 0.3) is 0 Å². The van der Waals surface area contributed by atoms with Gasteiger partial charge in [0.2, 0.25) is 0 Å². The number of unbranched alkanes of at least 4 members (excludes halogenated alkanes) is 4. The van der Waals surface area contributed by atoms with Gasteiger partial charge in [0.05, 0.1) is 0 Å². The van der Waals surface area contributed by atoms with E-state index in [4.69, 9.17) is 0 Å². The lowest BCUT2D eigenvalue weighted by Crippen LogP contribution is -1.77. The number of carbonyl (C=O) groups excluding carboxylic acids is 1. The van der Waals surface area contributed by atoms with Crippen molar-refractivity contribution >= 4 is 22.2 Å². The van der Waals surface area contributed by atoms with E-state index < -0.39 is 0 Å². The number of carbonyl (C=O) groups is 1. The standard InChI is InChI=1S/C9H15BrO/c10-8-6-4-2-1-3-5-7-9-11/h5,7,9H,1-4,6,8H2/b7-5+. The third-order valence-electron chi connectivity index (χ3n) is 1.47. The average Bonchev–Trinajstić information content (AvgIpc) is 2.03. The van der Waals surface area contributed by atoms with Gasteiger partial charge in [0, 0.05) is 5.33 Å². The Labute approximate surface area is 77.0 Å². The summed E-state index contributed by atoms with van der Waals surface area (Å²) >= 11 is 3.38. The van der Waals surface area contributed by atoms with Crippen molar-refractivity contribution < 1.29 is 4.79 Å². The highest BCUT2D eigenvalue weighted by Gasteiger charge is 1.85. The van der Waals surface area contributed by atoms with Crippen LogP contribution in [0, 0.1) is 0 Å². The smallest absolute Gasteiger partial charge is 0.142 e. The second-order valence-electron chi connectivity index (χ2n) is 2.46. The average molecular weight is 219 g/mol. The molecule has 0 fully saturated rings. The van der Waals surface area contributed by atoms with E-state index >= 15 is 0 Å². The van der Waals surface area contributed by atoms with Crippen LogP contribution in [0.1, 0.15) is 32.1 Å². The summed E-state index contributed by atoms with van der Waals surface area (Å²) in [7, 11) is 0. The molecule has 0 N–H and O–H groups in total. The second kappa shape index (κ2) is 9.89. The molecule has 0 amide bonds. The summed E-state index contributed by atoms with van der Waals surface area (Å²) in [5, 5.41) is 1.11. The Balaban J connectivity index is 2.90. The zero-order chi connectivity index (χ0) is 8.36. The lowest BCUT2D eigenvalue weighted by molar-refractivity contribution is -0.104. The zero-order valence-corrected chi connectivity index (χ0v) is 8.35. The molecule has 0 atom stereocenters. The molecule has 0 heterocycles. The van der Waals surface area contributed by atoms with Crippen molar-refractivity contribution in [3.8, 4) is 0 Å². The molecule has 2 heteroatoms. The first kappa shape index (κ1) is 10.9. The molecule has 0 spiro atoms. The van der Waals surface area contributed by atoms with Crippen LogP contribution < -0.4 is 0 Å². The summed E-state index contributed by atoms with van der Waals surface area (Å²) in [5.74, 6) is 0. The molecule has 0 aliphatic carbocycles. The summed E-state index contributed by atoms with van der Waals surface area (Å²) in [5.41, 5.74) is 0. The second-order valence-corrected chi connectivity index (χ2v) is 3.25. The van der Waals surface area contributed by atoms with E-state index in [-0.39, 0.29) is 0 Å². The molecule has 0 unspecified atom stereocenters. The predicted octanol–water partition coefficient (Wildman–Crippen LogP) is 3.09. The minimum Gasteiger partial charge on any atom is -0.299 e. The molecule has 0 aromatic heterocycles. The predicted molar refractivity (Wildman–Crippen MR) is 52.1 cm³/mol. The number of hydrogen-bond acceptors (Lipinski definition) is 1. The van der Waals surface area contributed by atoms with Gasteiger partial charge in [-0.3, -0.25) is 4.79 Å². The maximum atomic E-state index is 9.85. The van der Waals surface area contributed by atoms with Gasteiger partial charge in [0.1, 0.15) is 6.29 Å². The Morgan fingerprint density at radius 1 is 1.09 bits per heavy atom. The van der Waals surface area contributed by atoms with Crippen molar-refractivity contribution in [2.75, 3.05) is 5.33 Å². The summed E-state index contributed by atoms with van der Waals surface area (Å²) < 4.78 is 0. The first-order chi connectivity index (χ1) is 5.41. The van der Waals surface area contributed by atoms with Gasteiger partial charge in [0.15, 0.2) is 0 Å². The lowest BCUT2D eigenvalue weighted by atomic mass is 10.1. The van der Waals surface area contributed by atoms with Crippen LogP contribution >= 0.6 is 15.9 Å². The number of halogens is 1. The highest BCUT2D eigenvalue weighted by Crippen LogP contribution is 2.04. The molecule has 0 aliphatic rings. The first-order valence-corrected chi connectivity index (χ1v) is 5.20. The lowest BCUT2D eigenvalue weighted by Gasteiger charge is -1.94. The van der Waals surface area contributed by atoms with E-state index in [1.165, 1.54) is 25.7 Å². The maximum Gasteiger partial charge on any atom is 0.142 e. The highest BCUT2D eigenvalue weighted by molar-refractivity contribution is 9.09. The molecule has 0 bridgehead atoms. The fourth-order valence-corrected chi connectivity index (χ4v) is 1.26. The molecule has 11 heavy (non-hydrogen) atoms. The van der Waals surface area contributed by atoms with Crippen molar-refractivity contribution in [2.45, 2.75) is 32.1 Å². The van der Waals surface area contributed by atoms with E-state index in [0.29, 0.717) is 0 Å². The van der Waals surface area contributed by atoms with E-state index in [9.17, 15) is 4.79 Å². The van der Waals surface area contributed by atoms with Gasteiger partial charge in [0.25, 0.3) is 0 Å². The van der Waals surface area contributed by atoms with Crippen LogP contribution in [-0.2, 0) is 4.79 Å². The van der Waals surface area contributed by atoms with Crippen LogP contribution in [0.4, 0.5) is 0 Å². The molecule has 0 aromatic rings. The molecule has 0 saturated heterocycles. The minimum absolute atomic E-state index is 0.832. The van der Waals surface area contributed by atoms with Gasteiger partial charge in [-0.2, -0.15) is 0 Å². The van der Waals surface area contributed by atoms with Crippen LogP contribution in [0.2, 0.25) is 0 Å². The monoisotopic (exact) mass is 218 g/mol. The summed E-state index contributed by atoms with van der Waals surface area (Å²) in [6, 6.07) is 0. The van der Waals surface area contributed by atoms with Crippen molar-refractivity contribution in [1.29, 1.82) is 0 Å². The molecule has 0 rings (SSSR count). The van der Waals surface area contributed by atoms with Crippen LogP contribution in [0.5, 0.6) is 0 Å². The van der Waals surface area contributed by atoms with Gasteiger partial charge < -0.3 is 0 Å². The van der Waals surface area contributed by atoms with Crippen molar-refractivity contribution in [2.24, 2.45) is 0 Å². The minimum atomic E-state index is 0.832. The molecule has 0 aliphatic heterocycles. The Morgan fingerprint density at radius 2 is 1.82 bits per heavy atom. The molecular weight excluding hydrogens is 204 g/mol. The van der Waals surface area contributed by atoms with Crippen molar-refractivity contribution in [1.82, 2.24) is 0 Å². The fourth-order valence-electron chi connectivity index (χ4n) is 0.862. The van der Waals surface area contributed by atoms with Gasteiger partial charge in [-0.05, 0) is 25.3 Å². The molecule has 64 valence electrons. The van der Waals surface area contributed by atoms with Crippen LogP contribution in [0.3, 0.4) is 0 Å². The Morgan fingerprint density at radius 3 is 2.45 bits per heavy atom. The van der Waals surface area contributed by atoms with E-state index in [2.05, 4.69) is 15.9 Å². The van der Waals surface area contributed by atoms with Crippen molar-refractivity contribution in [3.05, 3.63) is 12.2 Å². The summed E-state index contributed by atoms with van der Waals surface area (Å²) in [6.07, 6.45) is 10.4. The van der Waals surface area contributed by atoms with Gasteiger partial charge in [-0.1, -0.05) is 34.8 Å². The number of aldehydes is 1. The maximum absolute atomic E-state index is 9.85. The quantitative estimate of drug-likeness (QED) is 0.278. The number of allylic oxidation sites excluding steroid dienone is 2. The molecule has 0 aromatic carbocycles. The number of alkyl halides is 1. The fraction of sp³-hybridized carbons (Fsp3) is 0.667. The Bertz CT molecular complexity index is 110. The largest absolute Gasteiger partial charge is 0.299 e. The number of hydrogen-bond donors (Lipinski definition) is 0. The molecular formula is C9H15BrO. The topological polar surface area (TPSA) is 17.1 Å². The van der Waals surface area contributed by atoms with E-state index in [1.54, 1.807) is 6.08 Å². The molecule has 1 nitrogen and oxygen atoms in total. The summed E-state index contributed by atoms with van der Waals surface area (Å²) in [4.78, 5) is 9.85. The van der Waals surface area contributed by atoms with Crippen molar-refractivity contribution in [3.63, 3.8) is 0 Å². The van der Waals surface area contributed by atoms with Gasteiger partial charge in [-0.15, -0.1) is 0 Å². The Kier molecular flexibility index (Phi) is 9.79.